The summed E-state index contributed by atoms with van der Waals surface area (Å²) in [5.41, 5.74) is 1.56. The van der Waals surface area contributed by atoms with E-state index in [0.29, 0.717) is 4.34 Å². The number of methoxy groups -OCH3 is 1. The molecule has 1 unspecified atom stereocenters. The Labute approximate surface area is 83.1 Å². The van der Waals surface area contributed by atoms with Crippen molar-refractivity contribution in [2.75, 3.05) is 13.7 Å². The average Bonchev–Trinajstić information content (AvgIpc) is 2.56. The highest BCUT2D eigenvalue weighted by Crippen LogP contribution is 2.24. The smallest absolute Gasteiger partial charge is 0.319 e. The van der Waals surface area contributed by atoms with Crippen LogP contribution in [-0.4, -0.2) is 40.2 Å². The zero-order valence-electron chi connectivity index (χ0n) is 6.84. The Morgan fingerprint density at radius 2 is 2.69 bits per heavy atom. The van der Waals surface area contributed by atoms with Gasteiger partial charge in [-0.1, -0.05) is 23.1 Å². The number of aliphatic carboxylic acids is 1. The van der Waals surface area contributed by atoms with Gasteiger partial charge >= 0.3 is 5.97 Å². The minimum atomic E-state index is -0.901. The van der Waals surface area contributed by atoms with Crippen LogP contribution in [0.2, 0.25) is 0 Å². The van der Waals surface area contributed by atoms with Crippen molar-refractivity contribution in [1.29, 1.82) is 0 Å². The maximum Gasteiger partial charge on any atom is 0.319 e. The molecular weight excluding hydrogens is 212 g/mol. The summed E-state index contributed by atoms with van der Waals surface area (Å²) < 4.78 is 5.41. The first-order valence-electron chi connectivity index (χ1n) is 3.38. The molecule has 1 aromatic heterocycles. The van der Waals surface area contributed by atoms with E-state index in [0.717, 1.165) is 11.8 Å². The lowest BCUT2D eigenvalue weighted by Gasteiger charge is -2.07. The second kappa shape index (κ2) is 5.15. The quantitative estimate of drug-likeness (QED) is 0.737. The Kier molecular flexibility index (Phi) is 4.13. The molecule has 0 spiro atoms. The summed E-state index contributed by atoms with van der Waals surface area (Å²) in [6.45, 7) is 0.166. The SMILES string of the molecule is COCC(Sc1nncs1)C(=O)O. The van der Waals surface area contributed by atoms with Crippen molar-refractivity contribution in [1.82, 2.24) is 10.2 Å². The van der Waals surface area contributed by atoms with Crippen molar-refractivity contribution in [3.63, 3.8) is 0 Å². The summed E-state index contributed by atoms with van der Waals surface area (Å²) in [7, 11) is 1.47. The third-order valence-corrected chi connectivity index (χ3v) is 3.14. The van der Waals surface area contributed by atoms with Gasteiger partial charge in [0.1, 0.15) is 10.8 Å². The van der Waals surface area contributed by atoms with Crippen LogP contribution in [0.5, 0.6) is 0 Å². The van der Waals surface area contributed by atoms with Crippen molar-refractivity contribution in [3.8, 4) is 0 Å². The number of rotatable bonds is 5. The number of carbonyl (C=O) groups is 1. The van der Waals surface area contributed by atoms with Gasteiger partial charge in [-0.25, -0.2) is 0 Å². The van der Waals surface area contributed by atoms with Crippen LogP contribution in [-0.2, 0) is 9.53 Å². The molecule has 1 N–H and O–H groups in total. The minimum Gasteiger partial charge on any atom is -0.480 e. The molecule has 0 bridgehead atoms. The summed E-state index contributed by atoms with van der Waals surface area (Å²) in [6, 6.07) is 0. The first-order valence-corrected chi connectivity index (χ1v) is 5.14. The van der Waals surface area contributed by atoms with Gasteiger partial charge in [0.05, 0.1) is 6.61 Å². The van der Waals surface area contributed by atoms with E-state index in [-0.39, 0.29) is 6.61 Å². The van der Waals surface area contributed by atoms with E-state index in [1.54, 1.807) is 5.51 Å². The molecule has 0 aromatic carbocycles. The zero-order chi connectivity index (χ0) is 9.68. The molecular formula is C6H8N2O3S2. The lowest BCUT2D eigenvalue weighted by molar-refractivity contribution is -0.137. The van der Waals surface area contributed by atoms with Crippen LogP contribution in [0.3, 0.4) is 0 Å². The normalized spacial score (nSPS) is 12.7. The monoisotopic (exact) mass is 220 g/mol. The van der Waals surface area contributed by atoms with E-state index in [1.165, 1.54) is 18.4 Å². The van der Waals surface area contributed by atoms with Gasteiger partial charge in [-0.2, -0.15) is 0 Å². The van der Waals surface area contributed by atoms with Crippen LogP contribution < -0.4 is 0 Å². The Balaban J connectivity index is 2.52. The maximum absolute atomic E-state index is 10.7. The van der Waals surface area contributed by atoms with Gasteiger partial charge in [-0.3, -0.25) is 4.79 Å². The molecule has 1 aromatic rings. The fourth-order valence-corrected chi connectivity index (χ4v) is 2.26. The summed E-state index contributed by atoms with van der Waals surface area (Å²) in [5, 5.41) is 15.5. The summed E-state index contributed by atoms with van der Waals surface area (Å²) in [4.78, 5) is 10.7. The zero-order valence-corrected chi connectivity index (χ0v) is 8.47. The molecule has 13 heavy (non-hydrogen) atoms. The van der Waals surface area contributed by atoms with Gasteiger partial charge in [0.15, 0.2) is 4.34 Å². The minimum absolute atomic E-state index is 0.166. The molecule has 0 fully saturated rings. The molecule has 7 heteroatoms. The van der Waals surface area contributed by atoms with Crippen molar-refractivity contribution < 1.29 is 14.6 Å². The molecule has 0 aliphatic heterocycles. The van der Waals surface area contributed by atoms with Crippen molar-refractivity contribution in [2.24, 2.45) is 0 Å². The average molecular weight is 220 g/mol. The number of nitrogens with zero attached hydrogens (tertiary/aromatic N) is 2. The Hall–Kier alpha value is -0.660. The second-order valence-electron chi connectivity index (χ2n) is 2.10. The number of ether oxygens (including phenoxy) is 1. The van der Waals surface area contributed by atoms with E-state index in [9.17, 15) is 4.79 Å². The van der Waals surface area contributed by atoms with Crippen LogP contribution in [0.15, 0.2) is 9.85 Å². The second-order valence-corrected chi connectivity index (χ2v) is 4.39. The van der Waals surface area contributed by atoms with Gasteiger partial charge < -0.3 is 9.84 Å². The number of aromatic nitrogens is 2. The van der Waals surface area contributed by atoms with E-state index < -0.39 is 11.2 Å². The summed E-state index contributed by atoms with van der Waals surface area (Å²) in [5.74, 6) is -0.901. The molecule has 5 nitrogen and oxygen atoms in total. The molecule has 1 rings (SSSR count). The van der Waals surface area contributed by atoms with Crippen molar-refractivity contribution in [3.05, 3.63) is 5.51 Å². The molecule has 0 saturated carbocycles. The number of carboxylic acid groups (broad SMARTS) is 1. The van der Waals surface area contributed by atoms with E-state index >= 15 is 0 Å². The molecule has 0 aliphatic rings. The molecule has 0 saturated heterocycles. The van der Waals surface area contributed by atoms with Crippen LogP contribution in [0, 0.1) is 0 Å². The van der Waals surface area contributed by atoms with Crippen LogP contribution in [0.4, 0.5) is 0 Å². The molecule has 0 radical (unpaired) electrons. The van der Waals surface area contributed by atoms with Crippen LogP contribution in [0.1, 0.15) is 0 Å². The lowest BCUT2D eigenvalue weighted by Crippen LogP contribution is -2.21. The van der Waals surface area contributed by atoms with Gasteiger partial charge in [0.25, 0.3) is 0 Å². The number of thioether (sulfide) groups is 1. The fourth-order valence-electron chi connectivity index (χ4n) is 0.643. The summed E-state index contributed by atoms with van der Waals surface area (Å²) >= 11 is 2.46. The predicted molar refractivity (Wildman–Crippen MR) is 49.1 cm³/mol. The van der Waals surface area contributed by atoms with Crippen LogP contribution in [0.25, 0.3) is 0 Å². The van der Waals surface area contributed by atoms with Gasteiger partial charge in [0.2, 0.25) is 0 Å². The molecule has 72 valence electrons. The van der Waals surface area contributed by atoms with Gasteiger partial charge in [0, 0.05) is 7.11 Å². The highest BCUT2D eigenvalue weighted by atomic mass is 32.2. The van der Waals surface area contributed by atoms with Gasteiger partial charge in [-0.15, -0.1) is 10.2 Å². The topological polar surface area (TPSA) is 72.3 Å². The highest BCUT2D eigenvalue weighted by molar-refractivity contribution is 8.02. The molecule has 0 amide bonds. The van der Waals surface area contributed by atoms with E-state index in [4.69, 9.17) is 9.84 Å². The predicted octanol–water partition coefficient (Wildman–Crippen LogP) is 0.730. The Morgan fingerprint density at radius 3 is 3.15 bits per heavy atom. The molecule has 1 atom stereocenters. The summed E-state index contributed by atoms with van der Waals surface area (Å²) in [6.07, 6.45) is 0. The number of carboxylic acids is 1. The third kappa shape index (κ3) is 3.29. The lowest BCUT2D eigenvalue weighted by atomic mass is 10.5. The first kappa shape index (κ1) is 10.4. The Bertz CT molecular complexity index is 265. The van der Waals surface area contributed by atoms with Crippen molar-refractivity contribution in [2.45, 2.75) is 9.59 Å². The maximum atomic E-state index is 10.7. The van der Waals surface area contributed by atoms with Crippen molar-refractivity contribution >= 4 is 29.1 Å². The van der Waals surface area contributed by atoms with Crippen LogP contribution >= 0.6 is 23.1 Å². The van der Waals surface area contributed by atoms with E-state index in [2.05, 4.69) is 10.2 Å². The Morgan fingerprint density at radius 1 is 1.92 bits per heavy atom. The fraction of sp³-hybridized carbons (Fsp3) is 0.500. The molecule has 0 aliphatic carbocycles. The highest BCUT2D eigenvalue weighted by Gasteiger charge is 2.19. The number of hydrogen-bond acceptors (Lipinski definition) is 6. The number of hydrogen-bond donors (Lipinski definition) is 1. The van der Waals surface area contributed by atoms with E-state index in [1.807, 2.05) is 0 Å². The van der Waals surface area contributed by atoms with Gasteiger partial charge in [-0.05, 0) is 0 Å². The first-order chi connectivity index (χ1) is 6.24. The standard InChI is InChI=1S/C6H8N2O3S2/c1-11-2-4(5(9)10)13-6-8-7-3-12-6/h3-4H,2H2,1H3,(H,9,10). The third-order valence-electron chi connectivity index (χ3n) is 1.18. The largest absolute Gasteiger partial charge is 0.480 e. The molecule has 1 heterocycles.